The molecule has 2 fully saturated rings. The highest BCUT2D eigenvalue weighted by atomic mass is 35.5. The Morgan fingerprint density at radius 1 is 1.24 bits per heavy atom. The zero-order valence-corrected chi connectivity index (χ0v) is 18.0. The number of hydrogen-bond acceptors (Lipinski definition) is 5. The summed E-state index contributed by atoms with van der Waals surface area (Å²) < 4.78 is 5.46. The average molecular weight is 417 g/mol. The summed E-state index contributed by atoms with van der Waals surface area (Å²) in [6.07, 6.45) is 4.28. The lowest BCUT2D eigenvalue weighted by Crippen LogP contribution is -2.49. The molecule has 4 rings (SSSR count). The Hall–Kier alpha value is -1.92. The van der Waals surface area contributed by atoms with Gasteiger partial charge >= 0.3 is 0 Å². The highest BCUT2D eigenvalue weighted by Gasteiger charge is 2.34. The maximum Gasteiger partial charge on any atom is 0.241 e. The predicted molar refractivity (Wildman–Crippen MR) is 112 cm³/mol. The second-order valence-electron chi connectivity index (χ2n) is 9.12. The molecule has 0 saturated carbocycles. The number of likely N-dealkylation sites (tertiary alicyclic amines) is 2. The number of halogens is 1. The summed E-state index contributed by atoms with van der Waals surface area (Å²) in [5.74, 6) is 1.53. The predicted octanol–water partition coefficient (Wildman–Crippen LogP) is 4.25. The quantitative estimate of drug-likeness (QED) is 0.745. The molecule has 1 unspecified atom stereocenters. The van der Waals surface area contributed by atoms with Crippen LogP contribution in [0, 0.1) is 11.3 Å². The molecule has 2 aliphatic heterocycles. The Bertz CT molecular complexity index is 849. The molecular formula is C22H29ClN4O2. The SMILES string of the molecule is CC1(C)CCCN(C(=O)C2CCCN(Cc3nc(-c4ccc(Cl)cc4)no3)C2)C1. The summed E-state index contributed by atoms with van der Waals surface area (Å²) in [5, 5.41) is 4.77. The lowest BCUT2D eigenvalue weighted by atomic mass is 9.83. The van der Waals surface area contributed by atoms with Gasteiger partial charge in [0.1, 0.15) is 0 Å². The molecule has 0 spiro atoms. The number of amides is 1. The first-order valence-corrected chi connectivity index (χ1v) is 10.9. The molecule has 1 aromatic carbocycles. The third kappa shape index (κ3) is 4.98. The monoisotopic (exact) mass is 416 g/mol. The molecule has 1 atom stereocenters. The number of piperidine rings is 2. The van der Waals surface area contributed by atoms with Gasteiger partial charge in [-0.3, -0.25) is 9.69 Å². The van der Waals surface area contributed by atoms with Crippen LogP contribution in [0.4, 0.5) is 0 Å². The first-order chi connectivity index (χ1) is 13.9. The molecule has 0 radical (unpaired) electrons. The summed E-state index contributed by atoms with van der Waals surface area (Å²) >= 11 is 5.94. The van der Waals surface area contributed by atoms with Crippen molar-refractivity contribution < 1.29 is 9.32 Å². The summed E-state index contributed by atoms with van der Waals surface area (Å²) in [5.41, 5.74) is 1.10. The van der Waals surface area contributed by atoms with E-state index in [1.807, 2.05) is 24.3 Å². The Balaban J connectivity index is 1.36. The van der Waals surface area contributed by atoms with Crippen molar-refractivity contribution in [2.45, 2.75) is 46.1 Å². The zero-order valence-electron chi connectivity index (χ0n) is 17.2. The van der Waals surface area contributed by atoms with Crippen molar-refractivity contribution in [2.75, 3.05) is 26.2 Å². The van der Waals surface area contributed by atoms with Crippen LogP contribution < -0.4 is 0 Å². The molecule has 3 heterocycles. The van der Waals surface area contributed by atoms with Crippen molar-refractivity contribution in [1.29, 1.82) is 0 Å². The van der Waals surface area contributed by atoms with Gasteiger partial charge in [0, 0.05) is 30.2 Å². The molecule has 6 nitrogen and oxygen atoms in total. The molecular weight excluding hydrogens is 388 g/mol. The Kier molecular flexibility index (Phi) is 5.93. The van der Waals surface area contributed by atoms with E-state index in [-0.39, 0.29) is 11.3 Å². The van der Waals surface area contributed by atoms with Gasteiger partial charge < -0.3 is 9.42 Å². The van der Waals surface area contributed by atoms with Gasteiger partial charge in [-0.25, -0.2) is 0 Å². The second-order valence-corrected chi connectivity index (χ2v) is 9.56. The number of benzene rings is 1. The smallest absolute Gasteiger partial charge is 0.241 e. The van der Waals surface area contributed by atoms with Crippen molar-refractivity contribution in [3.05, 3.63) is 35.2 Å². The van der Waals surface area contributed by atoms with Crippen LogP contribution >= 0.6 is 11.6 Å². The highest BCUT2D eigenvalue weighted by Crippen LogP contribution is 2.30. The minimum absolute atomic E-state index is 0.0660. The van der Waals surface area contributed by atoms with E-state index >= 15 is 0 Å². The van der Waals surface area contributed by atoms with E-state index in [9.17, 15) is 4.79 Å². The van der Waals surface area contributed by atoms with Gasteiger partial charge in [0.15, 0.2) is 0 Å². The van der Waals surface area contributed by atoms with Gasteiger partial charge in [0.05, 0.1) is 12.5 Å². The molecule has 7 heteroatoms. The zero-order chi connectivity index (χ0) is 20.4. The van der Waals surface area contributed by atoms with E-state index in [0.29, 0.717) is 29.2 Å². The molecule has 1 amide bonds. The second kappa shape index (κ2) is 8.44. The Morgan fingerprint density at radius 3 is 2.79 bits per heavy atom. The number of carbonyl (C=O) groups excluding carboxylic acids is 1. The Labute approximate surface area is 177 Å². The normalized spacial score (nSPS) is 22.6. The van der Waals surface area contributed by atoms with Crippen LogP contribution in [0.25, 0.3) is 11.4 Å². The van der Waals surface area contributed by atoms with Crippen LogP contribution in [0.15, 0.2) is 28.8 Å². The third-order valence-electron chi connectivity index (χ3n) is 6.00. The number of aromatic nitrogens is 2. The first-order valence-electron chi connectivity index (χ1n) is 10.5. The van der Waals surface area contributed by atoms with E-state index in [1.165, 1.54) is 6.42 Å². The molecule has 29 heavy (non-hydrogen) atoms. The topological polar surface area (TPSA) is 62.5 Å². The molecule has 156 valence electrons. The van der Waals surface area contributed by atoms with Crippen molar-refractivity contribution in [3.8, 4) is 11.4 Å². The average Bonchev–Trinajstić information content (AvgIpc) is 3.16. The van der Waals surface area contributed by atoms with Gasteiger partial charge in [0.25, 0.3) is 0 Å². The number of nitrogens with zero attached hydrogens (tertiary/aromatic N) is 4. The number of rotatable bonds is 4. The molecule has 0 aliphatic carbocycles. The van der Waals surface area contributed by atoms with Crippen molar-refractivity contribution >= 4 is 17.5 Å². The molecule has 2 aromatic rings. The van der Waals surface area contributed by atoms with Crippen molar-refractivity contribution in [2.24, 2.45) is 11.3 Å². The first kappa shape index (κ1) is 20.4. The van der Waals surface area contributed by atoms with Crippen LogP contribution in [-0.4, -0.2) is 52.0 Å². The standard InChI is InChI=1S/C22H29ClN4O2/c1-22(2)10-4-12-27(15-22)21(28)17-5-3-11-26(13-17)14-19-24-20(25-29-19)16-6-8-18(23)9-7-16/h6-9,17H,3-5,10-15H2,1-2H3. The molecule has 1 aromatic heterocycles. The lowest BCUT2D eigenvalue weighted by molar-refractivity contribution is -0.140. The molecule has 0 bridgehead atoms. The van der Waals surface area contributed by atoms with Crippen LogP contribution in [0.5, 0.6) is 0 Å². The fourth-order valence-electron chi connectivity index (χ4n) is 4.50. The third-order valence-corrected chi connectivity index (χ3v) is 6.25. The Morgan fingerprint density at radius 2 is 2.03 bits per heavy atom. The minimum Gasteiger partial charge on any atom is -0.342 e. The summed E-state index contributed by atoms with van der Waals surface area (Å²) in [7, 11) is 0. The molecule has 2 aliphatic rings. The van der Waals surface area contributed by atoms with E-state index in [1.54, 1.807) is 0 Å². The number of hydrogen-bond donors (Lipinski definition) is 0. The molecule has 0 N–H and O–H groups in total. The fraction of sp³-hybridized carbons (Fsp3) is 0.591. The summed E-state index contributed by atoms with van der Waals surface area (Å²) in [4.78, 5) is 22.0. The van der Waals surface area contributed by atoms with Gasteiger partial charge in [-0.15, -0.1) is 0 Å². The van der Waals surface area contributed by atoms with Crippen LogP contribution in [0.1, 0.15) is 45.4 Å². The number of carbonyl (C=O) groups is 1. The van der Waals surface area contributed by atoms with Crippen LogP contribution in [-0.2, 0) is 11.3 Å². The van der Waals surface area contributed by atoms with Crippen LogP contribution in [0.3, 0.4) is 0 Å². The van der Waals surface area contributed by atoms with Crippen molar-refractivity contribution in [1.82, 2.24) is 19.9 Å². The van der Waals surface area contributed by atoms with Crippen LogP contribution in [0.2, 0.25) is 5.02 Å². The molecule has 2 saturated heterocycles. The maximum absolute atomic E-state index is 13.1. The van der Waals surface area contributed by atoms with Crippen molar-refractivity contribution in [3.63, 3.8) is 0 Å². The minimum atomic E-state index is 0.0660. The van der Waals surface area contributed by atoms with E-state index in [0.717, 1.165) is 51.0 Å². The van der Waals surface area contributed by atoms with E-state index in [2.05, 4.69) is 33.8 Å². The maximum atomic E-state index is 13.1. The van der Waals surface area contributed by atoms with Gasteiger partial charge in [0.2, 0.25) is 17.6 Å². The highest BCUT2D eigenvalue weighted by molar-refractivity contribution is 6.30. The largest absolute Gasteiger partial charge is 0.342 e. The van der Waals surface area contributed by atoms with Gasteiger partial charge in [-0.1, -0.05) is 30.6 Å². The summed E-state index contributed by atoms with van der Waals surface area (Å²) in [6.45, 7) is 8.57. The van der Waals surface area contributed by atoms with Gasteiger partial charge in [-0.05, 0) is 61.9 Å². The van der Waals surface area contributed by atoms with Gasteiger partial charge in [-0.2, -0.15) is 4.98 Å². The van der Waals surface area contributed by atoms with E-state index in [4.69, 9.17) is 16.1 Å². The summed E-state index contributed by atoms with van der Waals surface area (Å²) in [6, 6.07) is 7.39. The lowest BCUT2D eigenvalue weighted by Gasteiger charge is -2.41. The fourth-order valence-corrected chi connectivity index (χ4v) is 4.62. The van der Waals surface area contributed by atoms with E-state index < -0.39 is 0 Å².